The van der Waals surface area contributed by atoms with Gasteiger partial charge in [0, 0.05) is 24.7 Å². The fourth-order valence-corrected chi connectivity index (χ4v) is 5.96. The number of carbonyl (C=O) groups excluding carboxylic acids is 4. The third-order valence-electron chi connectivity index (χ3n) is 7.36. The van der Waals surface area contributed by atoms with Crippen LogP contribution < -0.4 is 0 Å². The molecule has 2 unspecified atom stereocenters. The van der Waals surface area contributed by atoms with Crippen molar-refractivity contribution < 1.29 is 38.1 Å². The maximum atomic E-state index is 13.5. The number of ether oxygens (including phenoxy) is 4. The van der Waals surface area contributed by atoms with Crippen LogP contribution in [0, 0.1) is 40.9 Å². The number of methoxy groups -OCH3 is 1. The maximum Gasteiger partial charge on any atom is 0.319 e. The largest absolute Gasteiger partial charge is 0.468 e. The van der Waals surface area contributed by atoms with Crippen LogP contribution in [-0.4, -0.2) is 55.7 Å². The lowest BCUT2D eigenvalue weighted by Gasteiger charge is -2.53. The highest BCUT2D eigenvalue weighted by Gasteiger charge is 2.68. The van der Waals surface area contributed by atoms with Crippen molar-refractivity contribution in [3.8, 4) is 11.8 Å². The third kappa shape index (κ3) is 5.62. The summed E-state index contributed by atoms with van der Waals surface area (Å²) in [4.78, 5) is 53.7. The van der Waals surface area contributed by atoms with Crippen molar-refractivity contribution in [2.75, 3.05) is 20.3 Å². The summed E-state index contributed by atoms with van der Waals surface area (Å²) in [5.74, 6) is 0.999. The molecule has 3 rings (SSSR count). The van der Waals surface area contributed by atoms with Crippen LogP contribution in [0.3, 0.4) is 0 Å². The molecule has 0 amide bonds. The lowest BCUT2D eigenvalue weighted by molar-refractivity contribution is -0.189. The van der Waals surface area contributed by atoms with Crippen molar-refractivity contribution >= 4 is 23.5 Å². The van der Waals surface area contributed by atoms with E-state index in [9.17, 15) is 19.2 Å². The second-order valence-electron chi connectivity index (χ2n) is 10.7. The quantitative estimate of drug-likeness (QED) is 0.250. The number of ketones is 2. The van der Waals surface area contributed by atoms with Gasteiger partial charge in [0.25, 0.3) is 0 Å². The number of Topliss-reactive ketones (excluding diaryl/α,β-unsaturated/α-hetero) is 2. The second-order valence-corrected chi connectivity index (χ2v) is 10.7. The van der Waals surface area contributed by atoms with Gasteiger partial charge in [0.15, 0.2) is 11.6 Å². The molecule has 2 saturated carbocycles. The number of carbonyl (C=O) groups is 4. The molecule has 8 nitrogen and oxygen atoms in total. The molecule has 194 valence electrons. The maximum absolute atomic E-state index is 13.5. The number of unbranched alkanes of at least 4 members (excludes halogenated alkanes) is 1. The first-order chi connectivity index (χ1) is 16.5. The van der Waals surface area contributed by atoms with E-state index in [0.717, 1.165) is 6.42 Å². The number of fused-ring (bicyclic) bond motifs is 1. The highest BCUT2D eigenvalue weighted by molar-refractivity contribution is 6.11. The summed E-state index contributed by atoms with van der Waals surface area (Å²) in [7, 11) is 1.26. The summed E-state index contributed by atoms with van der Waals surface area (Å²) in [6.07, 6.45) is 3.00. The fraction of sp³-hybridized carbons (Fsp3) is 0.778. The summed E-state index contributed by atoms with van der Waals surface area (Å²) in [5, 5.41) is 0. The van der Waals surface area contributed by atoms with Gasteiger partial charge in [-0.1, -0.05) is 12.8 Å². The Morgan fingerprint density at radius 2 is 1.83 bits per heavy atom. The Bertz CT molecular complexity index is 875. The van der Waals surface area contributed by atoms with Crippen molar-refractivity contribution in [3.63, 3.8) is 0 Å². The highest BCUT2D eigenvalue weighted by Crippen LogP contribution is 2.57. The van der Waals surface area contributed by atoms with Gasteiger partial charge >= 0.3 is 11.9 Å². The molecule has 5 atom stereocenters. The molecule has 2 aliphatic carbocycles. The van der Waals surface area contributed by atoms with Gasteiger partial charge in [0.1, 0.15) is 16.9 Å². The highest BCUT2D eigenvalue weighted by atomic mass is 16.7. The van der Waals surface area contributed by atoms with E-state index in [2.05, 4.69) is 11.8 Å². The van der Waals surface area contributed by atoms with Gasteiger partial charge in [0.2, 0.25) is 6.29 Å². The zero-order valence-corrected chi connectivity index (χ0v) is 21.5. The molecular formula is C27H38O8. The van der Waals surface area contributed by atoms with Crippen molar-refractivity contribution in [1.82, 2.24) is 0 Å². The monoisotopic (exact) mass is 490 g/mol. The normalized spacial score (nSPS) is 31.7. The first-order valence-corrected chi connectivity index (χ1v) is 12.6. The van der Waals surface area contributed by atoms with E-state index in [-0.39, 0.29) is 18.0 Å². The van der Waals surface area contributed by atoms with Crippen LogP contribution in [0.15, 0.2) is 0 Å². The fourth-order valence-electron chi connectivity index (χ4n) is 5.96. The van der Waals surface area contributed by atoms with Crippen LogP contribution in [0.25, 0.3) is 0 Å². The van der Waals surface area contributed by atoms with Gasteiger partial charge in [0.05, 0.1) is 20.3 Å². The van der Waals surface area contributed by atoms with Gasteiger partial charge < -0.3 is 18.9 Å². The van der Waals surface area contributed by atoms with E-state index in [1.54, 1.807) is 27.7 Å². The van der Waals surface area contributed by atoms with Crippen LogP contribution in [0.2, 0.25) is 0 Å². The zero-order chi connectivity index (χ0) is 25.8. The minimum Gasteiger partial charge on any atom is -0.468 e. The molecule has 1 saturated heterocycles. The minimum absolute atomic E-state index is 0.222. The molecule has 35 heavy (non-hydrogen) atoms. The lowest BCUT2D eigenvalue weighted by atomic mass is 9.47. The molecular weight excluding hydrogens is 452 g/mol. The van der Waals surface area contributed by atoms with Crippen molar-refractivity contribution in [3.05, 3.63) is 0 Å². The molecule has 0 spiro atoms. The average molecular weight is 491 g/mol. The molecule has 1 heterocycles. The van der Waals surface area contributed by atoms with Crippen LogP contribution in [0.4, 0.5) is 0 Å². The third-order valence-corrected chi connectivity index (χ3v) is 7.36. The topological polar surface area (TPSA) is 105 Å². The van der Waals surface area contributed by atoms with Crippen LogP contribution >= 0.6 is 0 Å². The Morgan fingerprint density at radius 1 is 1.14 bits per heavy atom. The molecule has 3 fully saturated rings. The van der Waals surface area contributed by atoms with Crippen LogP contribution in [-0.2, 0) is 38.1 Å². The van der Waals surface area contributed by atoms with E-state index in [4.69, 9.17) is 18.9 Å². The Balaban J connectivity index is 1.89. The molecule has 0 aromatic heterocycles. The molecule has 0 radical (unpaired) electrons. The minimum atomic E-state index is -1.54. The molecule has 0 bridgehead atoms. The average Bonchev–Trinajstić information content (AvgIpc) is 2.80. The van der Waals surface area contributed by atoms with Crippen LogP contribution in [0.1, 0.15) is 72.6 Å². The van der Waals surface area contributed by atoms with E-state index >= 15 is 0 Å². The molecule has 0 aromatic carbocycles. The predicted octanol–water partition coefficient (Wildman–Crippen LogP) is 3.24. The summed E-state index contributed by atoms with van der Waals surface area (Å²) in [6.45, 7) is 8.13. The van der Waals surface area contributed by atoms with Gasteiger partial charge in [-0.05, 0) is 64.7 Å². The Labute approximate surface area is 207 Å². The van der Waals surface area contributed by atoms with E-state index in [1.165, 1.54) is 7.11 Å². The summed E-state index contributed by atoms with van der Waals surface area (Å²) in [5.41, 5.74) is -2.33. The molecule has 0 aromatic rings. The predicted molar refractivity (Wildman–Crippen MR) is 126 cm³/mol. The van der Waals surface area contributed by atoms with Crippen molar-refractivity contribution in [2.24, 2.45) is 29.1 Å². The van der Waals surface area contributed by atoms with Crippen molar-refractivity contribution in [2.45, 2.75) is 84.5 Å². The second kappa shape index (κ2) is 11.2. The number of hydrogen-bond donors (Lipinski definition) is 0. The Hall–Kier alpha value is -2.24. The SMILES string of the molecule is COC(=O)[C@]12C(=O)CCC[C@H]1C(C(=O)OC(C)(C)C)C(=O)C(C)[C@@H]2CCCC#CC1OCCCO1. The van der Waals surface area contributed by atoms with Gasteiger partial charge in [-0.25, -0.2) is 0 Å². The molecule has 0 N–H and O–H groups in total. The first-order valence-electron chi connectivity index (χ1n) is 12.6. The van der Waals surface area contributed by atoms with E-state index < -0.39 is 52.9 Å². The first kappa shape index (κ1) is 27.3. The zero-order valence-electron chi connectivity index (χ0n) is 21.5. The molecule has 3 aliphatic rings. The van der Waals surface area contributed by atoms with E-state index in [1.807, 2.05) is 0 Å². The summed E-state index contributed by atoms with van der Waals surface area (Å²) < 4.78 is 21.6. The van der Waals surface area contributed by atoms with Crippen molar-refractivity contribution in [1.29, 1.82) is 0 Å². The molecule has 8 heteroatoms. The Kier molecular flexibility index (Phi) is 8.76. The number of esters is 2. The smallest absolute Gasteiger partial charge is 0.319 e. The van der Waals surface area contributed by atoms with Gasteiger partial charge in [-0.3, -0.25) is 19.2 Å². The summed E-state index contributed by atoms with van der Waals surface area (Å²) in [6, 6.07) is 0. The summed E-state index contributed by atoms with van der Waals surface area (Å²) >= 11 is 0. The number of hydrogen-bond acceptors (Lipinski definition) is 8. The molecule has 1 aliphatic heterocycles. The van der Waals surface area contributed by atoms with E-state index in [0.29, 0.717) is 45.3 Å². The Morgan fingerprint density at radius 3 is 2.46 bits per heavy atom. The van der Waals surface area contributed by atoms with Gasteiger partial charge in [-0.15, -0.1) is 0 Å². The number of rotatable bonds is 5. The van der Waals surface area contributed by atoms with Crippen LogP contribution in [0.5, 0.6) is 0 Å². The van der Waals surface area contributed by atoms with Gasteiger partial charge in [-0.2, -0.15) is 0 Å². The lowest BCUT2D eigenvalue weighted by Crippen LogP contribution is -2.64. The standard InChI is InChI=1S/C27H38O8/c1-17-18(11-7-6-8-14-21-33-15-10-16-34-21)27(25(31)32-5)19(12-9-13-20(27)28)22(23(17)29)24(30)35-26(2,3)4/h17-19,21-22H,6-7,9-13,15-16H2,1-5H3/t17?,18-,19-,22?,27-/m0/s1.